The molecule has 3 rings (SSSR count). The lowest BCUT2D eigenvalue weighted by Crippen LogP contribution is -2.28. The Kier molecular flexibility index (Phi) is 3.58. The number of aryl methyl sites for hydroxylation is 1. The third-order valence-electron chi connectivity index (χ3n) is 3.79. The minimum Gasteiger partial charge on any atom is -0.309 e. The van der Waals surface area contributed by atoms with Crippen LogP contribution in [-0.4, -0.2) is 16.3 Å². The van der Waals surface area contributed by atoms with E-state index < -0.39 is 0 Å². The van der Waals surface area contributed by atoms with Crippen LogP contribution in [0.5, 0.6) is 0 Å². The summed E-state index contributed by atoms with van der Waals surface area (Å²) in [7, 11) is 2.01. The molecule has 19 heavy (non-hydrogen) atoms. The first-order valence-corrected chi connectivity index (χ1v) is 7.15. The van der Waals surface area contributed by atoms with E-state index in [2.05, 4.69) is 16.5 Å². The Labute approximate surface area is 118 Å². The van der Waals surface area contributed by atoms with Crippen molar-refractivity contribution in [1.82, 2.24) is 15.1 Å². The zero-order chi connectivity index (χ0) is 13.2. The summed E-state index contributed by atoms with van der Waals surface area (Å²) in [5.41, 5.74) is 3.46. The highest BCUT2D eigenvalue weighted by Crippen LogP contribution is 2.35. The smallest absolute Gasteiger partial charge is 0.0629 e. The van der Waals surface area contributed by atoms with Gasteiger partial charge in [0.2, 0.25) is 0 Å². The van der Waals surface area contributed by atoms with Crippen LogP contribution in [0.1, 0.15) is 31.0 Å². The fraction of sp³-hybridized carbons (Fsp3) is 0.400. The van der Waals surface area contributed by atoms with Gasteiger partial charge in [-0.15, -0.1) is 0 Å². The van der Waals surface area contributed by atoms with Crippen LogP contribution < -0.4 is 5.32 Å². The van der Waals surface area contributed by atoms with Crippen molar-refractivity contribution in [3.05, 3.63) is 41.2 Å². The fourth-order valence-electron chi connectivity index (χ4n) is 2.83. The number of hydrogen-bond donors (Lipinski definition) is 1. The normalized spacial score (nSPS) is 19.6. The molecule has 0 amide bonds. The van der Waals surface area contributed by atoms with Gasteiger partial charge in [0.15, 0.2) is 0 Å². The van der Waals surface area contributed by atoms with E-state index >= 15 is 0 Å². The molecular weight excluding hydrogens is 258 g/mol. The summed E-state index contributed by atoms with van der Waals surface area (Å²) in [6.45, 7) is 1.08. The number of nitrogens with zero attached hydrogens (tertiary/aromatic N) is 2. The number of aromatic nitrogens is 2. The lowest BCUT2D eigenvalue weighted by atomic mass is 9.96. The van der Waals surface area contributed by atoms with Crippen LogP contribution in [0.3, 0.4) is 0 Å². The van der Waals surface area contributed by atoms with Gasteiger partial charge in [-0.1, -0.05) is 36.2 Å². The van der Waals surface area contributed by atoms with Crippen molar-refractivity contribution in [2.45, 2.75) is 25.3 Å². The lowest BCUT2D eigenvalue weighted by molar-refractivity contribution is 0.394. The van der Waals surface area contributed by atoms with E-state index in [4.69, 9.17) is 11.6 Å². The number of benzene rings is 1. The Morgan fingerprint density at radius 3 is 2.84 bits per heavy atom. The molecule has 1 fully saturated rings. The number of hydrogen-bond acceptors (Lipinski definition) is 2. The number of halogens is 1. The molecule has 1 unspecified atom stereocenters. The van der Waals surface area contributed by atoms with Gasteiger partial charge in [0.1, 0.15) is 0 Å². The van der Waals surface area contributed by atoms with Gasteiger partial charge in [-0.3, -0.25) is 4.68 Å². The molecule has 100 valence electrons. The number of rotatable bonds is 2. The Morgan fingerprint density at radius 2 is 2.11 bits per heavy atom. The van der Waals surface area contributed by atoms with Crippen LogP contribution in [0.15, 0.2) is 30.5 Å². The second-order valence-electron chi connectivity index (χ2n) is 5.05. The summed E-state index contributed by atoms with van der Waals surface area (Å²) in [5.74, 6) is 0. The molecular formula is C15H18ClN3. The minimum absolute atomic E-state index is 0.382. The van der Waals surface area contributed by atoms with Gasteiger partial charge in [0.25, 0.3) is 0 Å². The molecule has 0 aliphatic carbocycles. The van der Waals surface area contributed by atoms with Crippen molar-refractivity contribution >= 4 is 11.6 Å². The molecule has 0 radical (unpaired) electrons. The summed E-state index contributed by atoms with van der Waals surface area (Å²) in [5, 5.41) is 8.80. The zero-order valence-electron chi connectivity index (χ0n) is 11.1. The Hall–Kier alpha value is -1.32. The van der Waals surface area contributed by atoms with Crippen LogP contribution in [0, 0.1) is 0 Å². The number of piperidine rings is 1. The fourth-order valence-corrected chi connectivity index (χ4v) is 3.07. The maximum atomic E-state index is 6.32. The largest absolute Gasteiger partial charge is 0.309 e. The van der Waals surface area contributed by atoms with Crippen molar-refractivity contribution in [2.24, 2.45) is 7.05 Å². The van der Waals surface area contributed by atoms with E-state index in [-0.39, 0.29) is 0 Å². The molecule has 3 nitrogen and oxygen atoms in total. The van der Waals surface area contributed by atoms with Gasteiger partial charge in [-0.25, -0.2) is 0 Å². The summed E-state index contributed by atoms with van der Waals surface area (Å²) in [4.78, 5) is 0. The molecule has 1 saturated heterocycles. The highest BCUT2D eigenvalue weighted by Gasteiger charge is 2.23. The maximum absolute atomic E-state index is 6.32. The van der Waals surface area contributed by atoms with Crippen LogP contribution in [0.4, 0.5) is 0 Å². The van der Waals surface area contributed by atoms with Crippen molar-refractivity contribution < 1.29 is 0 Å². The predicted molar refractivity (Wildman–Crippen MR) is 78.2 cm³/mol. The first kappa shape index (κ1) is 12.7. The van der Waals surface area contributed by atoms with Gasteiger partial charge in [0, 0.05) is 29.2 Å². The molecule has 2 aromatic rings. The second-order valence-corrected chi connectivity index (χ2v) is 5.46. The first-order valence-electron chi connectivity index (χ1n) is 6.77. The van der Waals surface area contributed by atoms with Crippen molar-refractivity contribution in [1.29, 1.82) is 0 Å². The molecule has 0 bridgehead atoms. The highest BCUT2D eigenvalue weighted by atomic mass is 35.5. The van der Waals surface area contributed by atoms with E-state index in [1.807, 2.05) is 36.1 Å². The first-order chi connectivity index (χ1) is 9.27. The average Bonchev–Trinajstić information content (AvgIpc) is 2.82. The monoisotopic (exact) mass is 275 g/mol. The van der Waals surface area contributed by atoms with Crippen LogP contribution >= 0.6 is 11.6 Å². The van der Waals surface area contributed by atoms with Crippen molar-refractivity contribution in [2.75, 3.05) is 6.54 Å². The average molecular weight is 276 g/mol. The van der Waals surface area contributed by atoms with Gasteiger partial charge in [0.05, 0.1) is 11.9 Å². The molecule has 1 atom stereocenters. The topological polar surface area (TPSA) is 29.9 Å². The van der Waals surface area contributed by atoms with E-state index in [0.717, 1.165) is 29.1 Å². The molecule has 0 spiro atoms. The van der Waals surface area contributed by atoms with Gasteiger partial charge < -0.3 is 5.32 Å². The second kappa shape index (κ2) is 5.35. The Balaban J connectivity index is 2.05. The SMILES string of the molecule is Cn1ncc(-c2ccccc2Cl)c1C1CCCCN1. The van der Waals surface area contributed by atoms with E-state index in [0.29, 0.717) is 6.04 Å². The van der Waals surface area contributed by atoms with Crippen molar-refractivity contribution in [3.63, 3.8) is 0 Å². The summed E-state index contributed by atoms with van der Waals surface area (Å²) in [6.07, 6.45) is 5.62. The van der Waals surface area contributed by atoms with Gasteiger partial charge in [-0.2, -0.15) is 5.10 Å². The molecule has 1 N–H and O–H groups in total. The molecule has 1 aromatic heterocycles. The highest BCUT2D eigenvalue weighted by molar-refractivity contribution is 6.33. The molecule has 2 heterocycles. The predicted octanol–water partition coefficient (Wildman–Crippen LogP) is 3.56. The third-order valence-corrected chi connectivity index (χ3v) is 4.12. The molecule has 1 aliphatic heterocycles. The Morgan fingerprint density at radius 1 is 1.26 bits per heavy atom. The van der Waals surface area contributed by atoms with E-state index in [9.17, 15) is 0 Å². The summed E-state index contributed by atoms with van der Waals surface area (Å²) >= 11 is 6.32. The Bertz CT molecular complexity index is 571. The van der Waals surface area contributed by atoms with E-state index in [1.54, 1.807) is 0 Å². The lowest BCUT2D eigenvalue weighted by Gasteiger charge is -2.25. The minimum atomic E-state index is 0.382. The van der Waals surface area contributed by atoms with Crippen LogP contribution in [-0.2, 0) is 7.05 Å². The van der Waals surface area contributed by atoms with Crippen LogP contribution in [0.25, 0.3) is 11.1 Å². The molecule has 1 aromatic carbocycles. The van der Waals surface area contributed by atoms with Gasteiger partial charge >= 0.3 is 0 Å². The van der Waals surface area contributed by atoms with Gasteiger partial charge in [-0.05, 0) is 25.5 Å². The third kappa shape index (κ3) is 2.40. The quantitative estimate of drug-likeness (QED) is 0.908. The van der Waals surface area contributed by atoms with Crippen LogP contribution in [0.2, 0.25) is 5.02 Å². The number of nitrogens with one attached hydrogen (secondary N) is 1. The standard InChI is InChI=1S/C15H18ClN3/c1-19-15(14-8-4-5-9-17-14)12(10-18-19)11-6-2-3-7-13(11)16/h2-3,6-7,10,14,17H,4-5,8-9H2,1H3. The zero-order valence-corrected chi connectivity index (χ0v) is 11.8. The summed E-state index contributed by atoms with van der Waals surface area (Å²) < 4.78 is 1.97. The van der Waals surface area contributed by atoms with Crippen molar-refractivity contribution in [3.8, 4) is 11.1 Å². The molecule has 1 aliphatic rings. The maximum Gasteiger partial charge on any atom is 0.0629 e. The molecule has 0 saturated carbocycles. The summed E-state index contributed by atoms with van der Waals surface area (Å²) in [6, 6.07) is 8.35. The molecule has 4 heteroatoms. The van der Waals surface area contributed by atoms with E-state index in [1.165, 1.54) is 18.5 Å².